The van der Waals surface area contributed by atoms with Gasteiger partial charge in [-0.25, -0.2) is 4.79 Å². The molecule has 2 aromatic heterocycles. The molecule has 0 spiro atoms. The third-order valence-corrected chi connectivity index (χ3v) is 7.14. The molecule has 41 heavy (non-hydrogen) atoms. The Kier molecular flexibility index (Phi) is 9.55. The lowest BCUT2D eigenvalue weighted by atomic mass is 9.98. The van der Waals surface area contributed by atoms with Crippen molar-refractivity contribution in [2.75, 3.05) is 13.2 Å². The standard InChI is InChI=1S/C28H31ClN4O.C2HF3O2/c1-18-10-19(2)12-20(11-18)25-16-31-27-14-26(29)23(21-15-32-33(3)17-21)13-24(27)28(25)34-9-7-22-6-4-5-8-30-22;3-2(4,5)1(6)7/h10-17,22,30H,4-9H2,1-3H3;(H,6,7)/t22-;/m1./s1. The Morgan fingerprint density at radius 1 is 1.10 bits per heavy atom. The van der Waals surface area contributed by atoms with E-state index in [2.05, 4.69) is 48.5 Å². The highest BCUT2D eigenvalue weighted by molar-refractivity contribution is 6.34. The minimum atomic E-state index is -5.08. The Morgan fingerprint density at radius 3 is 2.39 bits per heavy atom. The summed E-state index contributed by atoms with van der Waals surface area (Å²) in [4.78, 5) is 13.7. The number of hydrogen-bond acceptors (Lipinski definition) is 5. The van der Waals surface area contributed by atoms with E-state index in [-0.39, 0.29) is 0 Å². The first-order valence-electron chi connectivity index (χ1n) is 13.3. The molecule has 1 fully saturated rings. The van der Waals surface area contributed by atoms with Gasteiger partial charge in [0, 0.05) is 47.6 Å². The molecule has 4 aromatic rings. The van der Waals surface area contributed by atoms with Crippen LogP contribution in [0.2, 0.25) is 5.02 Å². The number of aliphatic carboxylic acids is 1. The van der Waals surface area contributed by atoms with E-state index in [0.29, 0.717) is 17.7 Å². The average Bonchev–Trinajstić information content (AvgIpc) is 3.34. The van der Waals surface area contributed by atoms with Gasteiger partial charge in [0.2, 0.25) is 0 Å². The van der Waals surface area contributed by atoms with Crippen molar-refractivity contribution in [3.8, 4) is 28.0 Å². The summed E-state index contributed by atoms with van der Waals surface area (Å²) < 4.78 is 40.1. The molecule has 5 rings (SSSR count). The normalized spacial score (nSPS) is 15.3. The molecule has 0 radical (unpaired) electrons. The molecule has 218 valence electrons. The number of rotatable bonds is 6. The Labute approximate surface area is 241 Å². The van der Waals surface area contributed by atoms with Gasteiger partial charge < -0.3 is 15.2 Å². The number of benzene rings is 2. The van der Waals surface area contributed by atoms with Crippen molar-refractivity contribution in [2.24, 2.45) is 7.05 Å². The predicted molar refractivity (Wildman–Crippen MR) is 153 cm³/mol. The molecule has 1 saturated heterocycles. The van der Waals surface area contributed by atoms with E-state index in [1.165, 1.54) is 30.4 Å². The first-order valence-corrected chi connectivity index (χ1v) is 13.7. The van der Waals surface area contributed by atoms with Gasteiger partial charge in [-0.1, -0.05) is 47.3 Å². The van der Waals surface area contributed by atoms with Crippen LogP contribution in [0.4, 0.5) is 13.2 Å². The summed E-state index contributed by atoms with van der Waals surface area (Å²) in [6.45, 7) is 6.00. The largest absolute Gasteiger partial charge is 0.492 e. The second kappa shape index (κ2) is 12.9. The summed E-state index contributed by atoms with van der Waals surface area (Å²) in [6, 6.07) is 11.1. The lowest BCUT2D eigenvalue weighted by molar-refractivity contribution is -0.192. The van der Waals surface area contributed by atoms with Crippen molar-refractivity contribution in [3.63, 3.8) is 0 Å². The fourth-order valence-electron chi connectivity index (χ4n) is 4.94. The fraction of sp³-hybridized carbons (Fsp3) is 0.367. The summed E-state index contributed by atoms with van der Waals surface area (Å²) in [5, 5.41) is 16.7. The fourth-order valence-corrected chi connectivity index (χ4v) is 5.20. The predicted octanol–water partition coefficient (Wildman–Crippen LogP) is 7.12. The molecule has 7 nitrogen and oxygen atoms in total. The van der Waals surface area contributed by atoms with Gasteiger partial charge in [0.15, 0.2) is 0 Å². The van der Waals surface area contributed by atoms with Crippen molar-refractivity contribution >= 4 is 28.5 Å². The molecule has 1 aliphatic heterocycles. The van der Waals surface area contributed by atoms with Gasteiger partial charge in [-0.2, -0.15) is 18.3 Å². The zero-order valence-electron chi connectivity index (χ0n) is 23.1. The zero-order chi connectivity index (χ0) is 29.7. The molecule has 1 aliphatic rings. The monoisotopic (exact) mass is 588 g/mol. The highest BCUT2D eigenvalue weighted by Gasteiger charge is 2.38. The van der Waals surface area contributed by atoms with Crippen LogP contribution in [0.25, 0.3) is 33.2 Å². The molecular weight excluding hydrogens is 557 g/mol. The van der Waals surface area contributed by atoms with E-state index >= 15 is 0 Å². The number of ether oxygens (including phenoxy) is 1. The van der Waals surface area contributed by atoms with Crippen LogP contribution < -0.4 is 10.1 Å². The number of nitrogens with one attached hydrogen (secondary N) is 1. The summed E-state index contributed by atoms with van der Waals surface area (Å²) >= 11 is 6.68. The molecule has 11 heteroatoms. The van der Waals surface area contributed by atoms with E-state index in [1.54, 1.807) is 4.68 Å². The second-order valence-corrected chi connectivity index (χ2v) is 10.6. The maximum absolute atomic E-state index is 10.6. The zero-order valence-corrected chi connectivity index (χ0v) is 23.8. The van der Waals surface area contributed by atoms with Crippen molar-refractivity contribution in [3.05, 3.63) is 65.1 Å². The number of aromatic nitrogens is 3. The Bertz CT molecular complexity index is 1510. The van der Waals surface area contributed by atoms with E-state index in [1.807, 2.05) is 31.7 Å². The number of nitrogens with zero attached hydrogens (tertiary/aromatic N) is 3. The summed E-state index contributed by atoms with van der Waals surface area (Å²) in [5.74, 6) is -1.89. The summed E-state index contributed by atoms with van der Waals surface area (Å²) in [7, 11) is 1.91. The maximum Gasteiger partial charge on any atom is 0.490 e. The lowest BCUT2D eigenvalue weighted by Crippen LogP contribution is -2.35. The topological polar surface area (TPSA) is 89.3 Å². The number of hydrogen-bond donors (Lipinski definition) is 2. The van der Waals surface area contributed by atoms with Crippen LogP contribution in [0.3, 0.4) is 0 Å². The Hall–Kier alpha value is -3.63. The highest BCUT2D eigenvalue weighted by atomic mass is 35.5. The van der Waals surface area contributed by atoms with Crippen molar-refractivity contribution in [1.82, 2.24) is 20.1 Å². The number of carboxylic acid groups (broad SMARTS) is 1. The smallest absolute Gasteiger partial charge is 0.490 e. The van der Waals surface area contributed by atoms with Gasteiger partial charge in [-0.05, 0) is 57.4 Å². The van der Waals surface area contributed by atoms with Crippen LogP contribution in [0.15, 0.2) is 48.9 Å². The van der Waals surface area contributed by atoms with E-state index in [0.717, 1.165) is 51.9 Å². The first-order chi connectivity index (χ1) is 19.4. The molecular formula is C30H32ClF3N4O3. The lowest BCUT2D eigenvalue weighted by Gasteiger charge is -2.24. The van der Waals surface area contributed by atoms with Crippen molar-refractivity contribution in [2.45, 2.75) is 51.7 Å². The summed E-state index contributed by atoms with van der Waals surface area (Å²) in [5.41, 5.74) is 7.31. The quantitative estimate of drug-likeness (QED) is 0.249. The number of fused-ring (bicyclic) bond motifs is 1. The SMILES string of the molecule is Cc1cc(C)cc(-c2cnc3cc(Cl)c(-c4cnn(C)c4)cc3c2OCC[C@H]2CCCCN2)c1.O=C(O)C(F)(F)F. The van der Waals surface area contributed by atoms with Gasteiger partial charge in [-0.15, -0.1) is 0 Å². The van der Waals surface area contributed by atoms with Crippen molar-refractivity contribution in [1.29, 1.82) is 0 Å². The number of carbonyl (C=O) groups is 1. The van der Waals surface area contributed by atoms with E-state index in [9.17, 15) is 13.2 Å². The van der Waals surface area contributed by atoms with Crippen LogP contribution in [0, 0.1) is 13.8 Å². The molecule has 1 atom stereocenters. The number of halogens is 4. The maximum atomic E-state index is 10.6. The molecule has 2 N–H and O–H groups in total. The molecule has 0 saturated carbocycles. The van der Waals surface area contributed by atoms with E-state index < -0.39 is 12.1 Å². The van der Waals surface area contributed by atoms with Crippen LogP contribution in [0.1, 0.15) is 36.8 Å². The third-order valence-electron chi connectivity index (χ3n) is 6.82. The second-order valence-electron chi connectivity index (χ2n) is 10.2. The number of aryl methyl sites for hydroxylation is 3. The van der Waals surface area contributed by atoms with Gasteiger partial charge in [-0.3, -0.25) is 9.67 Å². The number of piperidine rings is 1. The molecule has 3 heterocycles. The molecule has 0 unspecified atom stereocenters. The molecule has 0 bridgehead atoms. The van der Waals surface area contributed by atoms with Crippen LogP contribution >= 0.6 is 11.6 Å². The molecule has 0 amide bonds. The Balaban J connectivity index is 0.000000493. The van der Waals surface area contributed by atoms with Gasteiger partial charge in [0.05, 0.1) is 23.3 Å². The number of pyridine rings is 1. The minimum Gasteiger partial charge on any atom is -0.492 e. The van der Waals surface area contributed by atoms with Crippen LogP contribution in [-0.2, 0) is 11.8 Å². The van der Waals surface area contributed by atoms with E-state index in [4.69, 9.17) is 31.2 Å². The van der Waals surface area contributed by atoms with Crippen LogP contribution in [0.5, 0.6) is 5.75 Å². The van der Waals surface area contributed by atoms with Gasteiger partial charge >= 0.3 is 12.1 Å². The average molecular weight is 589 g/mol. The highest BCUT2D eigenvalue weighted by Crippen LogP contribution is 2.40. The molecule has 0 aliphatic carbocycles. The Morgan fingerprint density at radius 2 is 1.80 bits per heavy atom. The summed E-state index contributed by atoms with van der Waals surface area (Å²) in [6.07, 6.45) is 5.40. The third kappa shape index (κ3) is 7.77. The number of alkyl halides is 3. The number of carboxylic acids is 1. The van der Waals surface area contributed by atoms with Crippen molar-refractivity contribution < 1.29 is 27.8 Å². The van der Waals surface area contributed by atoms with Gasteiger partial charge in [0.25, 0.3) is 0 Å². The first kappa shape index (κ1) is 30.3. The minimum absolute atomic E-state index is 0.520. The van der Waals surface area contributed by atoms with Crippen LogP contribution in [-0.4, -0.2) is 51.2 Å². The van der Waals surface area contributed by atoms with Gasteiger partial charge in [0.1, 0.15) is 5.75 Å². The molecule has 2 aromatic carbocycles.